The van der Waals surface area contributed by atoms with Gasteiger partial charge in [0.1, 0.15) is 5.82 Å². The molecular weight excluding hydrogens is 408 g/mol. The van der Waals surface area contributed by atoms with Crippen molar-refractivity contribution in [2.24, 2.45) is 0 Å². The molecule has 5 nitrogen and oxygen atoms in total. The molecule has 0 spiro atoms. The zero-order valence-electron chi connectivity index (χ0n) is 18.8. The number of aromatic nitrogens is 3. The molecule has 0 radical (unpaired) electrons. The second kappa shape index (κ2) is 8.36. The summed E-state index contributed by atoms with van der Waals surface area (Å²) in [6.45, 7) is 5.96. The fourth-order valence-electron chi connectivity index (χ4n) is 4.03. The van der Waals surface area contributed by atoms with E-state index in [1.54, 1.807) is 0 Å². The minimum atomic E-state index is -0.174. The summed E-state index contributed by atoms with van der Waals surface area (Å²) in [6, 6.07) is 21.9. The number of pyridine rings is 2. The molecule has 0 aliphatic heterocycles. The molecule has 0 saturated heterocycles. The van der Waals surface area contributed by atoms with Crippen molar-refractivity contribution in [1.82, 2.24) is 14.4 Å². The monoisotopic (exact) mass is 432 g/mol. The molecule has 1 amide bonds. The number of anilines is 1. The minimum absolute atomic E-state index is 0.174. The van der Waals surface area contributed by atoms with Gasteiger partial charge in [0.2, 0.25) is 0 Å². The van der Waals surface area contributed by atoms with E-state index in [2.05, 4.69) is 33.8 Å². The number of benzene rings is 2. The molecule has 0 aliphatic carbocycles. The van der Waals surface area contributed by atoms with Crippen LogP contribution in [0.5, 0.6) is 0 Å². The Morgan fingerprint density at radius 1 is 0.848 bits per heavy atom. The Bertz CT molecular complexity index is 1480. The number of amides is 1. The van der Waals surface area contributed by atoms with Gasteiger partial charge in [-0.15, -0.1) is 0 Å². The average molecular weight is 433 g/mol. The van der Waals surface area contributed by atoms with Crippen LogP contribution < -0.4 is 5.32 Å². The summed E-state index contributed by atoms with van der Waals surface area (Å²) in [4.78, 5) is 22.3. The smallest absolute Gasteiger partial charge is 0.257 e. The first-order chi connectivity index (χ1) is 16.0. The predicted octanol–water partition coefficient (Wildman–Crippen LogP) is 6.24. The number of carbonyl (C=O) groups excluding carboxylic acids is 1. The highest BCUT2D eigenvalue weighted by Crippen LogP contribution is 2.30. The lowest BCUT2D eigenvalue weighted by Crippen LogP contribution is -2.14. The number of hydrogen-bond acceptors (Lipinski definition) is 3. The van der Waals surface area contributed by atoms with Crippen molar-refractivity contribution in [1.29, 1.82) is 0 Å². The Morgan fingerprint density at radius 2 is 1.61 bits per heavy atom. The van der Waals surface area contributed by atoms with Gasteiger partial charge in [-0.3, -0.25) is 14.2 Å². The van der Waals surface area contributed by atoms with E-state index >= 15 is 0 Å². The maximum Gasteiger partial charge on any atom is 0.257 e. The van der Waals surface area contributed by atoms with E-state index < -0.39 is 0 Å². The van der Waals surface area contributed by atoms with Crippen LogP contribution in [-0.2, 0) is 0 Å². The van der Waals surface area contributed by atoms with Gasteiger partial charge in [-0.05, 0) is 50.6 Å². The van der Waals surface area contributed by atoms with Gasteiger partial charge in [-0.25, -0.2) is 4.98 Å². The molecule has 0 aliphatic rings. The normalized spacial score (nSPS) is 11.0. The quantitative estimate of drug-likeness (QED) is 0.366. The molecule has 0 unspecified atom stereocenters. The third kappa shape index (κ3) is 3.89. The number of rotatable bonds is 4. The van der Waals surface area contributed by atoms with Gasteiger partial charge >= 0.3 is 0 Å². The van der Waals surface area contributed by atoms with Crippen molar-refractivity contribution in [3.05, 3.63) is 108 Å². The first-order valence-corrected chi connectivity index (χ1v) is 10.9. The second-order valence-corrected chi connectivity index (χ2v) is 8.25. The number of fused-ring (bicyclic) bond motifs is 1. The molecule has 0 atom stereocenters. The molecule has 5 aromatic rings. The number of nitrogens with zero attached hydrogens (tertiary/aromatic N) is 3. The van der Waals surface area contributed by atoms with Gasteiger partial charge in [0.25, 0.3) is 5.91 Å². The van der Waals surface area contributed by atoms with Crippen LogP contribution in [0, 0.1) is 20.8 Å². The maximum atomic E-state index is 13.0. The summed E-state index contributed by atoms with van der Waals surface area (Å²) in [5.74, 6) is 0.717. The topological polar surface area (TPSA) is 59.3 Å². The average Bonchev–Trinajstić information content (AvgIpc) is 3.25. The van der Waals surface area contributed by atoms with Gasteiger partial charge in [-0.2, -0.15) is 0 Å². The standard InChI is InChI=1S/C28H24N4O/c1-18-10-12-22(13-11-18)31-28(33)25-15-21(16-29-20(25)3)24-9-6-14-32-26(24)17-30-27(32)23-8-5-4-7-19(23)2/h4-17H,1-3H3,(H,31,33). The first kappa shape index (κ1) is 20.6. The van der Waals surface area contributed by atoms with E-state index in [4.69, 9.17) is 4.98 Å². The van der Waals surface area contributed by atoms with Crippen LogP contribution in [0.1, 0.15) is 27.2 Å². The lowest BCUT2D eigenvalue weighted by molar-refractivity contribution is 0.102. The minimum Gasteiger partial charge on any atom is -0.322 e. The molecule has 3 heterocycles. The van der Waals surface area contributed by atoms with E-state index in [1.165, 1.54) is 5.56 Å². The van der Waals surface area contributed by atoms with E-state index in [1.807, 2.05) is 87.0 Å². The largest absolute Gasteiger partial charge is 0.322 e. The van der Waals surface area contributed by atoms with Crippen molar-refractivity contribution in [3.63, 3.8) is 0 Å². The number of carbonyl (C=O) groups is 1. The third-order valence-corrected chi connectivity index (χ3v) is 5.91. The summed E-state index contributed by atoms with van der Waals surface area (Å²) in [7, 11) is 0. The lowest BCUT2D eigenvalue weighted by Gasteiger charge is -2.11. The highest BCUT2D eigenvalue weighted by Gasteiger charge is 2.16. The summed E-state index contributed by atoms with van der Waals surface area (Å²) >= 11 is 0. The van der Waals surface area contributed by atoms with Crippen molar-refractivity contribution >= 4 is 17.1 Å². The van der Waals surface area contributed by atoms with Crippen molar-refractivity contribution in [2.45, 2.75) is 20.8 Å². The van der Waals surface area contributed by atoms with Crippen molar-refractivity contribution in [2.75, 3.05) is 5.32 Å². The number of hydrogen-bond donors (Lipinski definition) is 1. The number of aryl methyl sites for hydroxylation is 3. The molecule has 5 rings (SSSR count). The molecule has 162 valence electrons. The van der Waals surface area contributed by atoms with Crippen LogP contribution in [-0.4, -0.2) is 20.3 Å². The second-order valence-electron chi connectivity index (χ2n) is 8.25. The lowest BCUT2D eigenvalue weighted by atomic mass is 10.0. The number of imidazole rings is 1. The Balaban J connectivity index is 1.55. The Morgan fingerprint density at radius 3 is 2.39 bits per heavy atom. The molecule has 2 aromatic carbocycles. The molecule has 5 heteroatoms. The summed E-state index contributed by atoms with van der Waals surface area (Å²) in [5, 5.41) is 2.98. The van der Waals surface area contributed by atoms with Gasteiger partial charge in [0.05, 0.1) is 23.0 Å². The van der Waals surface area contributed by atoms with E-state index in [0.717, 1.165) is 39.3 Å². The van der Waals surface area contributed by atoms with Gasteiger partial charge in [-0.1, -0.05) is 48.0 Å². The van der Waals surface area contributed by atoms with Crippen LogP contribution in [0.15, 0.2) is 85.3 Å². The zero-order chi connectivity index (χ0) is 22.9. The Kier molecular flexibility index (Phi) is 5.23. The van der Waals surface area contributed by atoms with Gasteiger partial charge in [0, 0.05) is 34.8 Å². The highest BCUT2D eigenvalue weighted by atomic mass is 16.1. The molecule has 1 N–H and O–H groups in total. The zero-order valence-corrected chi connectivity index (χ0v) is 18.8. The van der Waals surface area contributed by atoms with Crippen LogP contribution in [0.2, 0.25) is 0 Å². The predicted molar refractivity (Wildman–Crippen MR) is 132 cm³/mol. The molecule has 3 aromatic heterocycles. The fourth-order valence-corrected chi connectivity index (χ4v) is 4.03. The van der Waals surface area contributed by atoms with Crippen LogP contribution in [0.3, 0.4) is 0 Å². The fraction of sp³-hybridized carbons (Fsp3) is 0.107. The van der Waals surface area contributed by atoms with E-state index in [-0.39, 0.29) is 5.91 Å². The van der Waals surface area contributed by atoms with Crippen LogP contribution in [0.4, 0.5) is 5.69 Å². The molecule has 0 saturated carbocycles. The summed E-state index contributed by atoms with van der Waals surface area (Å²) in [6.07, 6.45) is 5.71. The summed E-state index contributed by atoms with van der Waals surface area (Å²) in [5.41, 5.74) is 8.21. The number of nitrogens with one attached hydrogen (secondary N) is 1. The Hall–Kier alpha value is -4.25. The molecular formula is C28H24N4O. The first-order valence-electron chi connectivity index (χ1n) is 10.9. The maximum absolute atomic E-state index is 13.0. The highest BCUT2D eigenvalue weighted by molar-refractivity contribution is 6.05. The van der Waals surface area contributed by atoms with Gasteiger partial charge in [0.15, 0.2) is 0 Å². The molecule has 0 bridgehead atoms. The SMILES string of the molecule is Cc1ccc(NC(=O)c2cc(-c3cccn4c(-c5ccccc5C)ncc34)cnc2C)cc1. The van der Waals surface area contributed by atoms with Crippen molar-refractivity contribution in [3.8, 4) is 22.5 Å². The molecule has 0 fully saturated rings. The van der Waals surface area contributed by atoms with Gasteiger partial charge < -0.3 is 5.32 Å². The van der Waals surface area contributed by atoms with E-state index in [0.29, 0.717) is 11.3 Å². The van der Waals surface area contributed by atoms with E-state index in [9.17, 15) is 4.79 Å². The van der Waals surface area contributed by atoms with Crippen molar-refractivity contribution < 1.29 is 4.79 Å². The Labute approximate surface area is 192 Å². The summed E-state index contributed by atoms with van der Waals surface area (Å²) < 4.78 is 2.09. The molecule has 33 heavy (non-hydrogen) atoms. The third-order valence-electron chi connectivity index (χ3n) is 5.91. The van der Waals surface area contributed by atoms with Crippen LogP contribution in [0.25, 0.3) is 28.0 Å². The van der Waals surface area contributed by atoms with Crippen LogP contribution >= 0.6 is 0 Å².